The van der Waals surface area contributed by atoms with Crippen LogP contribution in [-0.2, 0) is 19.1 Å². The number of amides is 2. The molecule has 3 unspecified atom stereocenters. The number of hydrogen-bond acceptors (Lipinski definition) is 5. The lowest BCUT2D eigenvalue weighted by Gasteiger charge is -2.23. The Balaban J connectivity index is 1.67. The molecule has 3 rings (SSSR count). The molecule has 1 aliphatic heterocycles. The number of imide groups is 1. The Morgan fingerprint density at radius 1 is 1.00 bits per heavy atom. The molecular formula is C20H23NO5. The molecule has 1 aliphatic carbocycles. The van der Waals surface area contributed by atoms with Gasteiger partial charge in [-0.05, 0) is 26.7 Å². The number of fused-ring (bicyclic) bond motifs is 1. The predicted octanol–water partition coefficient (Wildman–Crippen LogP) is 2.36. The molecule has 2 aliphatic rings. The van der Waals surface area contributed by atoms with Gasteiger partial charge in [-0.15, -0.1) is 0 Å². The van der Waals surface area contributed by atoms with Gasteiger partial charge in [-0.1, -0.05) is 43.2 Å². The van der Waals surface area contributed by atoms with Gasteiger partial charge in [0.05, 0.1) is 11.8 Å². The number of rotatable bonds is 5. The fourth-order valence-electron chi connectivity index (χ4n) is 3.84. The van der Waals surface area contributed by atoms with Crippen LogP contribution in [0.5, 0.6) is 0 Å². The van der Waals surface area contributed by atoms with Gasteiger partial charge in [0.15, 0.2) is 6.10 Å². The molecule has 6 nitrogen and oxygen atoms in total. The van der Waals surface area contributed by atoms with E-state index in [9.17, 15) is 19.2 Å². The first-order valence-corrected chi connectivity index (χ1v) is 9.08. The molecule has 0 bridgehead atoms. The molecule has 2 fully saturated rings. The molecule has 0 radical (unpaired) electrons. The Morgan fingerprint density at radius 2 is 1.54 bits per heavy atom. The lowest BCUT2D eigenvalue weighted by molar-refractivity contribution is -0.159. The van der Waals surface area contributed by atoms with Crippen LogP contribution in [0.4, 0.5) is 0 Å². The van der Waals surface area contributed by atoms with Crippen molar-refractivity contribution in [1.29, 1.82) is 0 Å². The highest BCUT2D eigenvalue weighted by atomic mass is 16.5. The minimum Gasteiger partial charge on any atom is -0.453 e. The highest BCUT2D eigenvalue weighted by Gasteiger charge is 2.51. The van der Waals surface area contributed by atoms with Crippen LogP contribution in [-0.4, -0.2) is 40.6 Å². The van der Waals surface area contributed by atoms with E-state index in [1.807, 2.05) is 0 Å². The Hall–Kier alpha value is -2.50. The number of ketones is 1. The van der Waals surface area contributed by atoms with Crippen LogP contribution in [0.15, 0.2) is 30.3 Å². The van der Waals surface area contributed by atoms with E-state index in [0.29, 0.717) is 18.4 Å². The number of carbonyl (C=O) groups excluding carboxylic acids is 4. The quantitative estimate of drug-likeness (QED) is 0.459. The highest BCUT2D eigenvalue weighted by molar-refractivity contribution is 6.08. The summed E-state index contributed by atoms with van der Waals surface area (Å²) in [5.74, 6) is -2.25. The number of benzene rings is 1. The van der Waals surface area contributed by atoms with Crippen LogP contribution >= 0.6 is 0 Å². The average Bonchev–Trinajstić information content (AvgIpc) is 2.92. The van der Waals surface area contributed by atoms with Gasteiger partial charge in [0.1, 0.15) is 6.04 Å². The van der Waals surface area contributed by atoms with Crippen molar-refractivity contribution in [3.05, 3.63) is 35.9 Å². The van der Waals surface area contributed by atoms with Crippen molar-refractivity contribution in [2.75, 3.05) is 0 Å². The summed E-state index contributed by atoms with van der Waals surface area (Å²) in [6.45, 7) is 2.97. The summed E-state index contributed by atoms with van der Waals surface area (Å²) in [6.07, 6.45) is 2.25. The molecule has 4 atom stereocenters. The lowest BCUT2D eigenvalue weighted by atomic mass is 9.81. The molecule has 1 saturated carbocycles. The van der Waals surface area contributed by atoms with Gasteiger partial charge in [-0.25, -0.2) is 4.79 Å². The molecule has 1 aromatic carbocycles. The van der Waals surface area contributed by atoms with Gasteiger partial charge in [-0.3, -0.25) is 19.3 Å². The Bertz CT molecular complexity index is 705. The number of likely N-dealkylation sites (tertiary alicyclic amines) is 1. The first kappa shape index (κ1) is 18.3. The molecule has 0 aromatic heterocycles. The zero-order valence-corrected chi connectivity index (χ0v) is 15.0. The molecule has 1 heterocycles. The van der Waals surface area contributed by atoms with Crippen LogP contribution in [0, 0.1) is 11.8 Å². The van der Waals surface area contributed by atoms with E-state index >= 15 is 0 Å². The standard InChI is InChI=1S/C20H23NO5/c1-12(21-18(23)15-10-6-7-11-16(15)19(21)24)20(25)26-13(2)17(22)14-8-4-3-5-9-14/h3-5,8-9,12-13,15-16H,6-7,10-11H2,1-2H3/t12-,13?,15?,16?/m0/s1. The van der Waals surface area contributed by atoms with E-state index < -0.39 is 18.1 Å². The highest BCUT2D eigenvalue weighted by Crippen LogP contribution is 2.38. The third kappa shape index (κ3) is 3.28. The fraction of sp³-hybridized carbons (Fsp3) is 0.500. The van der Waals surface area contributed by atoms with Gasteiger partial charge < -0.3 is 4.74 Å². The third-order valence-corrected chi connectivity index (χ3v) is 5.32. The molecule has 6 heteroatoms. The lowest BCUT2D eigenvalue weighted by Crippen LogP contribution is -2.45. The summed E-state index contributed by atoms with van der Waals surface area (Å²) in [5.41, 5.74) is 0.444. The molecule has 1 aromatic rings. The second-order valence-electron chi connectivity index (χ2n) is 7.03. The zero-order chi connectivity index (χ0) is 18.8. The van der Waals surface area contributed by atoms with Crippen LogP contribution in [0.3, 0.4) is 0 Å². The van der Waals surface area contributed by atoms with Crippen molar-refractivity contribution in [1.82, 2.24) is 4.90 Å². The molecule has 0 N–H and O–H groups in total. The molecular weight excluding hydrogens is 334 g/mol. The van der Waals surface area contributed by atoms with E-state index in [4.69, 9.17) is 4.74 Å². The maximum atomic E-state index is 12.6. The minimum absolute atomic E-state index is 0.286. The largest absolute Gasteiger partial charge is 0.453 e. The second kappa shape index (κ2) is 7.40. The van der Waals surface area contributed by atoms with E-state index in [0.717, 1.165) is 17.7 Å². The van der Waals surface area contributed by atoms with Gasteiger partial charge in [-0.2, -0.15) is 0 Å². The first-order chi connectivity index (χ1) is 12.4. The number of hydrogen-bond donors (Lipinski definition) is 0. The van der Waals surface area contributed by atoms with Crippen molar-refractivity contribution < 1.29 is 23.9 Å². The van der Waals surface area contributed by atoms with Crippen LogP contribution < -0.4 is 0 Å². The normalized spacial score (nSPS) is 24.8. The molecule has 0 spiro atoms. The molecule has 138 valence electrons. The average molecular weight is 357 g/mol. The number of carbonyl (C=O) groups is 4. The molecule has 1 saturated heterocycles. The second-order valence-corrected chi connectivity index (χ2v) is 7.03. The Labute approximate surface area is 152 Å². The summed E-state index contributed by atoms with van der Waals surface area (Å²) in [5, 5.41) is 0. The number of esters is 1. The third-order valence-electron chi connectivity index (χ3n) is 5.32. The Morgan fingerprint density at radius 3 is 2.08 bits per heavy atom. The predicted molar refractivity (Wildman–Crippen MR) is 93.1 cm³/mol. The number of nitrogens with zero attached hydrogens (tertiary/aromatic N) is 1. The van der Waals surface area contributed by atoms with Crippen LogP contribution in [0.25, 0.3) is 0 Å². The van der Waals surface area contributed by atoms with Crippen LogP contribution in [0.1, 0.15) is 49.9 Å². The monoisotopic (exact) mass is 357 g/mol. The van der Waals surface area contributed by atoms with Gasteiger partial charge in [0, 0.05) is 5.56 Å². The maximum absolute atomic E-state index is 12.6. The summed E-state index contributed by atoms with van der Waals surface area (Å²) >= 11 is 0. The van der Waals surface area contributed by atoms with E-state index in [2.05, 4.69) is 0 Å². The summed E-state index contributed by atoms with van der Waals surface area (Å²) in [4.78, 5) is 51.0. The SMILES string of the molecule is CC(OC(=O)[C@H](C)N1C(=O)C2CCCCC2C1=O)C(=O)c1ccccc1. The van der Waals surface area contributed by atoms with Crippen LogP contribution in [0.2, 0.25) is 0 Å². The van der Waals surface area contributed by atoms with E-state index in [1.54, 1.807) is 30.3 Å². The number of ether oxygens (including phenoxy) is 1. The summed E-state index contributed by atoms with van der Waals surface area (Å²) in [7, 11) is 0. The van der Waals surface area contributed by atoms with Crippen molar-refractivity contribution in [2.24, 2.45) is 11.8 Å². The van der Waals surface area contributed by atoms with Crippen molar-refractivity contribution >= 4 is 23.6 Å². The number of Topliss-reactive ketones (excluding diaryl/α,β-unsaturated/α-hetero) is 1. The minimum atomic E-state index is -1.02. The molecule has 26 heavy (non-hydrogen) atoms. The first-order valence-electron chi connectivity index (χ1n) is 9.08. The van der Waals surface area contributed by atoms with Crippen molar-refractivity contribution in [2.45, 2.75) is 51.7 Å². The summed E-state index contributed by atoms with van der Waals surface area (Å²) < 4.78 is 5.26. The molecule has 2 amide bonds. The Kier molecular flexibility index (Phi) is 5.20. The zero-order valence-electron chi connectivity index (χ0n) is 15.0. The van der Waals surface area contributed by atoms with Crippen molar-refractivity contribution in [3.8, 4) is 0 Å². The van der Waals surface area contributed by atoms with Crippen molar-refractivity contribution in [3.63, 3.8) is 0 Å². The van der Waals surface area contributed by atoms with Gasteiger partial charge >= 0.3 is 5.97 Å². The maximum Gasteiger partial charge on any atom is 0.329 e. The topological polar surface area (TPSA) is 80.8 Å². The summed E-state index contributed by atoms with van der Waals surface area (Å²) in [6, 6.07) is 7.52. The van der Waals surface area contributed by atoms with E-state index in [-0.39, 0.29) is 29.4 Å². The fourth-order valence-corrected chi connectivity index (χ4v) is 3.84. The smallest absolute Gasteiger partial charge is 0.329 e. The van der Waals surface area contributed by atoms with Gasteiger partial charge in [0.25, 0.3) is 0 Å². The van der Waals surface area contributed by atoms with E-state index in [1.165, 1.54) is 13.8 Å². The van der Waals surface area contributed by atoms with Gasteiger partial charge in [0.2, 0.25) is 17.6 Å².